The molecule has 2 rings (SSSR count). The largest absolute Gasteiger partial charge is 0.480 e. The summed E-state index contributed by atoms with van der Waals surface area (Å²) in [6.45, 7) is 5.81. The molecule has 2 heterocycles. The van der Waals surface area contributed by atoms with Crippen molar-refractivity contribution in [1.29, 1.82) is 0 Å². The van der Waals surface area contributed by atoms with Crippen LogP contribution in [0.15, 0.2) is 6.20 Å². The van der Waals surface area contributed by atoms with E-state index in [1.54, 1.807) is 22.7 Å². The van der Waals surface area contributed by atoms with Crippen molar-refractivity contribution in [3.05, 3.63) is 17.5 Å². The van der Waals surface area contributed by atoms with Crippen LogP contribution in [0.1, 0.15) is 29.4 Å². The van der Waals surface area contributed by atoms with E-state index in [0.717, 1.165) is 13.0 Å². The van der Waals surface area contributed by atoms with E-state index in [-0.39, 0.29) is 12.5 Å². The number of carbonyl (C=O) groups excluding carboxylic acids is 1. The van der Waals surface area contributed by atoms with Crippen LogP contribution < -0.4 is 5.32 Å². The molecule has 1 aliphatic heterocycles. The van der Waals surface area contributed by atoms with Gasteiger partial charge in [-0.05, 0) is 13.3 Å². The molecule has 7 heteroatoms. The van der Waals surface area contributed by atoms with Crippen LogP contribution in [-0.4, -0.2) is 57.3 Å². The molecule has 1 amide bonds. The molecule has 2 N–H and O–H groups in total. The normalized spacial score (nSPS) is 19.1. The Morgan fingerprint density at radius 2 is 2.30 bits per heavy atom. The zero-order valence-electron chi connectivity index (χ0n) is 11.8. The van der Waals surface area contributed by atoms with Gasteiger partial charge in [-0.15, -0.1) is 0 Å². The summed E-state index contributed by atoms with van der Waals surface area (Å²) in [6, 6.07) is -0.696. The number of aromatic nitrogens is 2. The lowest BCUT2D eigenvalue weighted by molar-refractivity contribution is -0.140. The molecule has 1 aromatic rings. The fourth-order valence-electron chi connectivity index (χ4n) is 2.34. The minimum absolute atomic E-state index is 0.141. The van der Waals surface area contributed by atoms with Crippen molar-refractivity contribution in [2.24, 2.45) is 0 Å². The number of carbonyl (C=O) groups is 2. The first-order chi connectivity index (χ1) is 9.52. The van der Waals surface area contributed by atoms with Crippen LogP contribution in [0.5, 0.6) is 0 Å². The van der Waals surface area contributed by atoms with E-state index < -0.39 is 12.0 Å². The number of aryl methyl sites for hydroxylation is 2. The lowest BCUT2D eigenvalue weighted by Crippen LogP contribution is -2.55. The number of aliphatic carboxylic acids is 1. The third-order valence-electron chi connectivity index (χ3n) is 3.39. The molecule has 7 nitrogen and oxygen atoms in total. The minimum Gasteiger partial charge on any atom is -0.480 e. The van der Waals surface area contributed by atoms with Crippen molar-refractivity contribution in [1.82, 2.24) is 20.0 Å². The first-order valence-electron chi connectivity index (χ1n) is 6.82. The van der Waals surface area contributed by atoms with Crippen LogP contribution in [-0.2, 0) is 11.3 Å². The topological polar surface area (TPSA) is 87.5 Å². The number of amides is 1. The molecular weight excluding hydrogens is 260 g/mol. The summed E-state index contributed by atoms with van der Waals surface area (Å²) in [4.78, 5) is 25.0. The van der Waals surface area contributed by atoms with Crippen molar-refractivity contribution >= 4 is 11.9 Å². The molecule has 0 aliphatic carbocycles. The van der Waals surface area contributed by atoms with Crippen LogP contribution in [0.4, 0.5) is 0 Å². The molecule has 0 bridgehead atoms. The predicted molar refractivity (Wildman–Crippen MR) is 72.6 cm³/mol. The predicted octanol–water partition coefficient (Wildman–Crippen LogP) is 0.100. The van der Waals surface area contributed by atoms with E-state index in [4.69, 9.17) is 5.11 Å². The average Bonchev–Trinajstić information content (AvgIpc) is 2.79. The highest BCUT2D eigenvalue weighted by molar-refractivity contribution is 5.95. The quantitative estimate of drug-likeness (QED) is 0.817. The molecule has 110 valence electrons. The van der Waals surface area contributed by atoms with Gasteiger partial charge in [0.25, 0.3) is 5.91 Å². The third-order valence-corrected chi connectivity index (χ3v) is 3.39. The highest BCUT2D eigenvalue weighted by Gasteiger charge is 2.29. The average molecular weight is 280 g/mol. The second kappa shape index (κ2) is 6.04. The summed E-state index contributed by atoms with van der Waals surface area (Å²) in [7, 11) is 0. The first-order valence-corrected chi connectivity index (χ1v) is 6.82. The molecule has 1 aromatic heterocycles. The molecule has 0 radical (unpaired) electrons. The Bertz CT molecular complexity index is 512. The summed E-state index contributed by atoms with van der Waals surface area (Å²) in [6.07, 6.45) is 2.70. The van der Waals surface area contributed by atoms with E-state index in [0.29, 0.717) is 24.3 Å². The van der Waals surface area contributed by atoms with Crippen LogP contribution in [0.2, 0.25) is 0 Å². The number of nitrogens with zero attached hydrogens (tertiary/aromatic N) is 3. The zero-order chi connectivity index (χ0) is 14.7. The Kier molecular flexibility index (Phi) is 4.39. The fraction of sp³-hybridized carbons (Fsp3) is 0.615. The van der Waals surface area contributed by atoms with Crippen molar-refractivity contribution in [3.63, 3.8) is 0 Å². The fourth-order valence-corrected chi connectivity index (χ4v) is 2.34. The van der Waals surface area contributed by atoms with Gasteiger partial charge < -0.3 is 15.3 Å². The number of piperazine rings is 1. The number of rotatable bonds is 4. The summed E-state index contributed by atoms with van der Waals surface area (Å²) in [5.41, 5.74) is 1.25. The maximum absolute atomic E-state index is 12.5. The molecule has 0 aromatic carbocycles. The Labute approximate surface area is 117 Å². The van der Waals surface area contributed by atoms with Gasteiger partial charge in [-0.1, -0.05) is 6.92 Å². The molecular formula is C13H20N4O3. The number of hydrogen-bond acceptors (Lipinski definition) is 4. The Morgan fingerprint density at radius 1 is 1.55 bits per heavy atom. The van der Waals surface area contributed by atoms with Crippen molar-refractivity contribution in [2.75, 3.05) is 19.6 Å². The third kappa shape index (κ3) is 2.98. The summed E-state index contributed by atoms with van der Waals surface area (Å²) in [5, 5.41) is 16.2. The van der Waals surface area contributed by atoms with Crippen molar-refractivity contribution in [2.45, 2.75) is 32.9 Å². The Hall–Kier alpha value is -1.89. The van der Waals surface area contributed by atoms with Gasteiger partial charge >= 0.3 is 5.97 Å². The van der Waals surface area contributed by atoms with Gasteiger partial charge in [0.15, 0.2) is 0 Å². The Balaban J connectivity index is 2.12. The lowest BCUT2D eigenvalue weighted by Gasteiger charge is -2.31. The van der Waals surface area contributed by atoms with Gasteiger partial charge in [0.2, 0.25) is 0 Å². The van der Waals surface area contributed by atoms with Crippen molar-refractivity contribution < 1.29 is 14.7 Å². The van der Waals surface area contributed by atoms with Gasteiger partial charge in [0, 0.05) is 32.4 Å². The van der Waals surface area contributed by atoms with Crippen LogP contribution >= 0.6 is 0 Å². The van der Waals surface area contributed by atoms with Crippen molar-refractivity contribution in [3.8, 4) is 0 Å². The van der Waals surface area contributed by atoms with Gasteiger partial charge in [0.05, 0.1) is 11.3 Å². The van der Waals surface area contributed by atoms with E-state index in [9.17, 15) is 9.59 Å². The second-order valence-electron chi connectivity index (χ2n) is 4.99. The maximum atomic E-state index is 12.5. The van der Waals surface area contributed by atoms with E-state index in [2.05, 4.69) is 10.4 Å². The van der Waals surface area contributed by atoms with Gasteiger partial charge in [-0.2, -0.15) is 5.10 Å². The summed E-state index contributed by atoms with van der Waals surface area (Å²) < 4.78 is 1.76. The van der Waals surface area contributed by atoms with Crippen LogP contribution in [0, 0.1) is 6.92 Å². The first kappa shape index (κ1) is 14.5. The number of hydrogen-bond donors (Lipinski definition) is 2. The molecule has 1 fully saturated rings. The van der Waals surface area contributed by atoms with E-state index in [1.165, 1.54) is 0 Å². The standard InChI is InChI=1S/C13H20N4O3/c1-3-5-17-7-10(9(2)15-17)12(18)16-6-4-14-11(8-16)13(19)20/h7,11,14H,3-6,8H2,1-2H3,(H,19,20)/t11-/m0/s1. The summed E-state index contributed by atoms with van der Waals surface area (Å²) in [5.74, 6) is -1.07. The summed E-state index contributed by atoms with van der Waals surface area (Å²) >= 11 is 0. The number of carboxylic acids is 1. The minimum atomic E-state index is -0.930. The molecule has 0 unspecified atom stereocenters. The number of nitrogens with one attached hydrogen (secondary N) is 1. The SMILES string of the molecule is CCCn1cc(C(=O)N2CCN[C@H](C(=O)O)C2)c(C)n1. The highest BCUT2D eigenvalue weighted by Crippen LogP contribution is 2.12. The van der Waals surface area contributed by atoms with Crippen LogP contribution in [0.25, 0.3) is 0 Å². The molecule has 20 heavy (non-hydrogen) atoms. The van der Waals surface area contributed by atoms with Crippen LogP contribution in [0.3, 0.4) is 0 Å². The van der Waals surface area contributed by atoms with E-state index >= 15 is 0 Å². The zero-order valence-corrected chi connectivity index (χ0v) is 11.8. The smallest absolute Gasteiger partial charge is 0.322 e. The molecule has 0 saturated carbocycles. The molecule has 1 aliphatic rings. The Morgan fingerprint density at radius 3 is 2.95 bits per heavy atom. The molecule has 0 spiro atoms. The number of carboxylic acid groups (broad SMARTS) is 1. The lowest BCUT2D eigenvalue weighted by atomic mass is 10.1. The molecule has 1 saturated heterocycles. The van der Waals surface area contributed by atoms with Gasteiger partial charge in [-0.25, -0.2) is 0 Å². The van der Waals surface area contributed by atoms with E-state index in [1.807, 2.05) is 6.92 Å². The monoisotopic (exact) mass is 280 g/mol. The molecule has 1 atom stereocenters. The maximum Gasteiger partial charge on any atom is 0.322 e. The van der Waals surface area contributed by atoms with Gasteiger partial charge in [-0.3, -0.25) is 14.3 Å². The highest BCUT2D eigenvalue weighted by atomic mass is 16.4. The second-order valence-corrected chi connectivity index (χ2v) is 4.99. The van der Waals surface area contributed by atoms with Gasteiger partial charge in [0.1, 0.15) is 6.04 Å².